The van der Waals surface area contributed by atoms with Crippen molar-refractivity contribution in [3.05, 3.63) is 58.9 Å². The van der Waals surface area contributed by atoms with Crippen molar-refractivity contribution < 1.29 is 22.3 Å². The van der Waals surface area contributed by atoms with Crippen LogP contribution < -0.4 is 10.1 Å². The molecule has 9 heteroatoms. The minimum Gasteiger partial charge on any atom is -0.494 e. The van der Waals surface area contributed by atoms with E-state index in [-0.39, 0.29) is 44.5 Å². The number of rotatable bonds is 5. The third-order valence-corrected chi connectivity index (χ3v) is 7.19. The van der Waals surface area contributed by atoms with Crippen LogP contribution in [0.2, 0.25) is 0 Å². The van der Waals surface area contributed by atoms with E-state index in [9.17, 15) is 17.6 Å². The Labute approximate surface area is 176 Å². The number of hydrogen-bond acceptors (Lipinski definition) is 4. The number of methoxy groups -OCH3 is 1. The molecule has 1 aliphatic rings. The Hall–Kier alpha value is -2.65. The van der Waals surface area contributed by atoms with Gasteiger partial charge in [-0.25, -0.2) is 17.6 Å². The molecule has 2 aromatic rings. The van der Waals surface area contributed by atoms with Crippen molar-refractivity contribution in [1.29, 1.82) is 0 Å². The molecule has 1 aliphatic heterocycles. The number of nitrogens with zero attached hydrogens (tertiary/aromatic N) is 2. The molecule has 162 valence electrons. The second kappa shape index (κ2) is 9.01. The lowest BCUT2D eigenvalue weighted by atomic mass is 10.2. The maximum absolute atomic E-state index is 13.8. The lowest BCUT2D eigenvalue weighted by molar-refractivity contribution is 0.172. The highest BCUT2D eigenvalue weighted by Gasteiger charge is 2.31. The molecule has 0 unspecified atom stereocenters. The van der Waals surface area contributed by atoms with Crippen LogP contribution in [-0.2, 0) is 16.6 Å². The minimum absolute atomic E-state index is 0.145. The number of halogens is 1. The standard InChI is InChI=1S/C21H26FN3O4S/c1-15-4-5-16(2)20(12-15)30(27,28)25-10-8-24(9-11-25)21(26)23-14-17-6-7-19(29-3)18(22)13-17/h4-7,12-13H,8-11,14H2,1-3H3,(H,23,26). The molecule has 0 atom stereocenters. The van der Waals surface area contributed by atoms with Crippen molar-refractivity contribution in [2.45, 2.75) is 25.3 Å². The molecule has 0 radical (unpaired) electrons. The fourth-order valence-corrected chi connectivity index (χ4v) is 5.10. The largest absolute Gasteiger partial charge is 0.494 e. The van der Waals surface area contributed by atoms with Crippen LogP contribution in [0.15, 0.2) is 41.3 Å². The van der Waals surface area contributed by atoms with Crippen LogP contribution in [0.25, 0.3) is 0 Å². The molecule has 2 amide bonds. The van der Waals surface area contributed by atoms with Gasteiger partial charge in [-0.05, 0) is 48.7 Å². The minimum atomic E-state index is -3.61. The van der Waals surface area contributed by atoms with Crippen LogP contribution >= 0.6 is 0 Å². The van der Waals surface area contributed by atoms with Gasteiger partial charge in [-0.3, -0.25) is 0 Å². The molecule has 0 aliphatic carbocycles. The number of urea groups is 1. The lowest BCUT2D eigenvalue weighted by Gasteiger charge is -2.34. The SMILES string of the molecule is COc1ccc(CNC(=O)N2CCN(S(=O)(=O)c3cc(C)ccc3C)CC2)cc1F. The number of sulfonamides is 1. The Morgan fingerprint density at radius 3 is 2.43 bits per heavy atom. The summed E-state index contributed by atoms with van der Waals surface area (Å²) in [6.07, 6.45) is 0. The summed E-state index contributed by atoms with van der Waals surface area (Å²) in [7, 11) is -2.22. The first-order valence-corrected chi connectivity index (χ1v) is 11.1. The van der Waals surface area contributed by atoms with Gasteiger partial charge in [0, 0.05) is 32.7 Å². The Morgan fingerprint density at radius 2 is 1.80 bits per heavy atom. The monoisotopic (exact) mass is 435 g/mol. The van der Waals surface area contributed by atoms with E-state index in [1.54, 1.807) is 30.0 Å². The third-order valence-electron chi connectivity index (χ3n) is 5.15. The van der Waals surface area contributed by atoms with Gasteiger partial charge in [0.15, 0.2) is 11.6 Å². The van der Waals surface area contributed by atoms with Crippen molar-refractivity contribution in [2.24, 2.45) is 0 Å². The van der Waals surface area contributed by atoms with Crippen LogP contribution in [0, 0.1) is 19.7 Å². The molecule has 2 aromatic carbocycles. The number of amides is 2. The summed E-state index contributed by atoms with van der Waals surface area (Å²) in [6, 6.07) is 9.55. The second-order valence-corrected chi connectivity index (χ2v) is 9.19. The van der Waals surface area contributed by atoms with Crippen molar-refractivity contribution in [3.63, 3.8) is 0 Å². The predicted molar refractivity (Wildman–Crippen MR) is 111 cm³/mol. The van der Waals surface area contributed by atoms with Crippen LogP contribution in [-0.4, -0.2) is 56.9 Å². The highest BCUT2D eigenvalue weighted by Crippen LogP contribution is 2.22. The van der Waals surface area contributed by atoms with E-state index in [4.69, 9.17) is 4.74 Å². The molecule has 1 saturated heterocycles. The summed E-state index contributed by atoms with van der Waals surface area (Å²) in [6.45, 7) is 4.81. The number of carbonyl (C=O) groups excluding carboxylic acids is 1. The molecule has 1 fully saturated rings. The summed E-state index contributed by atoms with van der Waals surface area (Å²) >= 11 is 0. The average molecular weight is 436 g/mol. The van der Waals surface area contributed by atoms with Gasteiger partial charge in [0.25, 0.3) is 0 Å². The first kappa shape index (κ1) is 22.0. The Morgan fingerprint density at radius 1 is 1.10 bits per heavy atom. The van der Waals surface area contributed by atoms with Crippen molar-refractivity contribution in [3.8, 4) is 5.75 Å². The van der Waals surface area contributed by atoms with Crippen LogP contribution in [0.3, 0.4) is 0 Å². The van der Waals surface area contributed by atoms with Gasteiger partial charge >= 0.3 is 6.03 Å². The quantitative estimate of drug-likeness (QED) is 0.783. The molecular formula is C21H26FN3O4S. The lowest BCUT2D eigenvalue weighted by Crippen LogP contribution is -2.53. The van der Waals surface area contributed by atoms with Crippen LogP contribution in [0.5, 0.6) is 5.75 Å². The predicted octanol–water partition coefficient (Wildman–Crippen LogP) is 2.67. The molecule has 1 N–H and O–H groups in total. The smallest absolute Gasteiger partial charge is 0.317 e. The molecular weight excluding hydrogens is 409 g/mol. The van der Waals surface area contributed by atoms with Gasteiger partial charge in [0.05, 0.1) is 12.0 Å². The van der Waals surface area contributed by atoms with Crippen molar-refractivity contribution in [2.75, 3.05) is 33.3 Å². The fraction of sp³-hybridized carbons (Fsp3) is 0.381. The van der Waals surface area contributed by atoms with Crippen molar-refractivity contribution >= 4 is 16.1 Å². The van der Waals surface area contributed by atoms with Gasteiger partial charge in [-0.15, -0.1) is 0 Å². The van der Waals surface area contributed by atoms with Crippen LogP contribution in [0.1, 0.15) is 16.7 Å². The van der Waals surface area contributed by atoms with E-state index in [2.05, 4.69) is 5.32 Å². The molecule has 1 heterocycles. The Kier molecular flexibility index (Phi) is 6.62. The summed E-state index contributed by atoms with van der Waals surface area (Å²) in [5, 5.41) is 2.75. The number of carbonyl (C=O) groups is 1. The molecule has 7 nitrogen and oxygen atoms in total. The Bertz CT molecular complexity index is 1030. The van der Waals surface area contributed by atoms with Gasteiger partial charge < -0.3 is 15.0 Å². The molecule has 0 aromatic heterocycles. The highest BCUT2D eigenvalue weighted by molar-refractivity contribution is 7.89. The van der Waals surface area contributed by atoms with E-state index in [1.807, 2.05) is 13.0 Å². The zero-order valence-corrected chi connectivity index (χ0v) is 18.1. The van der Waals surface area contributed by atoms with Gasteiger partial charge in [-0.1, -0.05) is 18.2 Å². The van der Waals surface area contributed by atoms with E-state index in [0.717, 1.165) is 5.56 Å². The Balaban J connectivity index is 1.57. The number of nitrogens with one attached hydrogen (secondary N) is 1. The van der Waals surface area contributed by atoms with Gasteiger partial charge in [0.2, 0.25) is 10.0 Å². The number of ether oxygens (including phenoxy) is 1. The molecule has 0 bridgehead atoms. The van der Waals surface area contributed by atoms with E-state index in [1.165, 1.54) is 23.5 Å². The van der Waals surface area contributed by atoms with Gasteiger partial charge in [-0.2, -0.15) is 4.31 Å². The average Bonchev–Trinajstić information content (AvgIpc) is 2.73. The first-order valence-electron chi connectivity index (χ1n) is 9.65. The zero-order valence-electron chi connectivity index (χ0n) is 17.3. The summed E-state index contributed by atoms with van der Waals surface area (Å²) in [5.74, 6) is -0.347. The normalized spacial score (nSPS) is 15.1. The molecule has 30 heavy (non-hydrogen) atoms. The topological polar surface area (TPSA) is 79.0 Å². The molecule has 0 spiro atoms. The van der Waals surface area contributed by atoms with Crippen molar-refractivity contribution in [1.82, 2.24) is 14.5 Å². The summed E-state index contributed by atoms with van der Waals surface area (Å²) in [4.78, 5) is 14.3. The molecule has 0 saturated carbocycles. The van der Waals surface area contributed by atoms with E-state index in [0.29, 0.717) is 16.0 Å². The first-order chi connectivity index (χ1) is 14.2. The summed E-state index contributed by atoms with van der Waals surface area (Å²) < 4.78 is 46.0. The third kappa shape index (κ3) is 4.73. The number of benzene rings is 2. The van der Waals surface area contributed by atoms with Crippen LogP contribution in [0.4, 0.5) is 9.18 Å². The van der Waals surface area contributed by atoms with E-state index >= 15 is 0 Å². The molecule has 3 rings (SSSR count). The maximum Gasteiger partial charge on any atom is 0.317 e. The van der Waals surface area contributed by atoms with E-state index < -0.39 is 15.8 Å². The summed E-state index contributed by atoms with van der Waals surface area (Å²) in [5.41, 5.74) is 2.19. The number of aryl methyl sites for hydroxylation is 2. The maximum atomic E-state index is 13.8. The number of piperazine rings is 1. The van der Waals surface area contributed by atoms with Gasteiger partial charge in [0.1, 0.15) is 0 Å². The zero-order chi connectivity index (χ0) is 21.9. The number of hydrogen-bond donors (Lipinski definition) is 1. The fourth-order valence-electron chi connectivity index (χ4n) is 3.37. The highest BCUT2D eigenvalue weighted by atomic mass is 32.2. The second-order valence-electron chi connectivity index (χ2n) is 7.29.